The number of rotatable bonds is 1. The van der Waals surface area contributed by atoms with E-state index in [1.807, 2.05) is 43.9 Å². The standard InChI is InChI=1S/C16H21Cl2NO/c1-16(2,3)15(20)19-8-4-5-12(10-19)11-6-7-13(17)14(18)9-11/h6-7,9,12H,4-5,8,10H2,1-3H3. The van der Waals surface area contributed by atoms with Gasteiger partial charge < -0.3 is 4.90 Å². The first-order valence-corrected chi connectivity index (χ1v) is 7.79. The molecule has 1 unspecified atom stereocenters. The Bertz CT molecular complexity index is 508. The minimum absolute atomic E-state index is 0.224. The summed E-state index contributed by atoms with van der Waals surface area (Å²) in [6.07, 6.45) is 2.12. The summed E-state index contributed by atoms with van der Waals surface area (Å²) < 4.78 is 0. The van der Waals surface area contributed by atoms with Crippen molar-refractivity contribution in [3.8, 4) is 0 Å². The molecule has 2 nitrogen and oxygen atoms in total. The third-order valence-electron chi connectivity index (χ3n) is 3.77. The number of piperidine rings is 1. The van der Waals surface area contributed by atoms with Crippen LogP contribution in [0.25, 0.3) is 0 Å². The van der Waals surface area contributed by atoms with Crippen molar-refractivity contribution in [1.29, 1.82) is 0 Å². The minimum Gasteiger partial charge on any atom is -0.342 e. The quantitative estimate of drug-likeness (QED) is 0.733. The van der Waals surface area contributed by atoms with Crippen molar-refractivity contribution in [3.05, 3.63) is 33.8 Å². The van der Waals surface area contributed by atoms with Gasteiger partial charge in [0.25, 0.3) is 0 Å². The van der Waals surface area contributed by atoms with Gasteiger partial charge in [-0.25, -0.2) is 0 Å². The fraction of sp³-hybridized carbons (Fsp3) is 0.562. The molecule has 110 valence electrons. The first kappa shape index (κ1) is 15.7. The highest BCUT2D eigenvalue weighted by atomic mass is 35.5. The van der Waals surface area contributed by atoms with Crippen LogP contribution in [0.2, 0.25) is 10.0 Å². The van der Waals surface area contributed by atoms with Crippen molar-refractivity contribution < 1.29 is 4.79 Å². The lowest BCUT2D eigenvalue weighted by Crippen LogP contribution is -2.44. The van der Waals surface area contributed by atoms with E-state index in [-0.39, 0.29) is 11.3 Å². The van der Waals surface area contributed by atoms with Crippen LogP contribution in [0.15, 0.2) is 18.2 Å². The van der Waals surface area contributed by atoms with Gasteiger partial charge in [-0.3, -0.25) is 4.79 Å². The number of amides is 1. The zero-order valence-corrected chi connectivity index (χ0v) is 13.8. The number of carbonyl (C=O) groups excluding carboxylic acids is 1. The van der Waals surface area contributed by atoms with E-state index in [2.05, 4.69) is 0 Å². The van der Waals surface area contributed by atoms with E-state index < -0.39 is 0 Å². The number of hydrogen-bond donors (Lipinski definition) is 0. The predicted molar refractivity (Wildman–Crippen MR) is 84.5 cm³/mol. The van der Waals surface area contributed by atoms with Crippen molar-refractivity contribution in [2.75, 3.05) is 13.1 Å². The van der Waals surface area contributed by atoms with Gasteiger partial charge >= 0.3 is 0 Å². The first-order chi connectivity index (χ1) is 9.29. The number of likely N-dealkylation sites (tertiary alicyclic amines) is 1. The summed E-state index contributed by atoms with van der Waals surface area (Å²) in [7, 11) is 0. The highest BCUT2D eigenvalue weighted by Gasteiger charge is 2.31. The molecule has 4 heteroatoms. The van der Waals surface area contributed by atoms with Crippen LogP contribution in [0.3, 0.4) is 0 Å². The van der Waals surface area contributed by atoms with Gasteiger partial charge in [-0.1, -0.05) is 50.0 Å². The van der Waals surface area contributed by atoms with Crippen LogP contribution in [0, 0.1) is 5.41 Å². The van der Waals surface area contributed by atoms with Crippen LogP contribution in [-0.2, 0) is 4.79 Å². The van der Waals surface area contributed by atoms with Crippen molar-refractivity contribution in [1.82, 2.24) is 4.90 Å². The first-order valence-electron chi connectivity index (χ1n) is 7.03. The van der Waals surface area contributed by atoms with Crippen LogP contribution in [0.5, 0.6) is 0 Å². The van der Waals surface area contributed by atoms with Gasteiger partial charge in [0.2, 0.25) is 5.91 Å². The number of halogens is 2. The van der Waals surface area contributed by atoms with Gasteiger partial charge in [-0.2, -0.15) is 0 Å². The number of nitrogens with zero attached hydrogens (tertiary/aromatic N) is 1. The van der Waals surface area contributed by atoms with Crippen LogP contribution >= 0.6 is 23.2 Å². The van der Waals surface area contributed by atoms with E-state index in [4.69, 9.17) is 23.2 Å². The monoisotopic (exact) mass is 313 g/mol. The van der Waals surface area contributed by atoms with Gasteiger partial charge in [0.1, 0.15) is 0 Å². The second-order valence-corrected chi connectivity index (χ2v) is 7.33. The van der Waals surface area contributed by atoms with E-state index in [0.717, 1.165) is 25.9 Å². The maximum atomic E-state index is 12.4. The SMILES string of the molecule is CC(C)(C)C(=O)N1CCCC(c2ccc(Cl)c(Cl)c2)C1. The largest absolute Gasteiger partial charge is 0.342 e. The molecule has 0 aromatic heterocycles. The summed E-state index contributed by atoms with van der Waals surface area (Å²) in [6, 6.07) is 5.79. The third kappa shape index (κ3) is 3.48. The van der Waals surface area contributed by atoms with E-state index >= 15 is 0 Å². The second-order valence-electron chi connectivity index (χ2n) is 6.51. The second kappa shape index (κ2) is 5.95. The Morgan fingerprint density at radius 3 is 2.55 bits per heavy atom. The Morgan fingerprint density at radius 2 is 1.95 bits per heavy atom. The van der Waals surface area contributed by atoms with Gasteiger partial charge in [0.05, 0.1) is 10.0 Å². The molecule has 1 fully saturated rings. The Labute approximate surface area is 131 Å². The Balaban J connectivity index is 2.14. The molecule has 0 aliphatic carbocycles. The molecule has 20 heavy (non-hydrogen) atoms. The molecule has 1 amide bonds. The van der Waals surface area contributed by atoms with Gasteiger partial charge in [0.15, 0.2) is 0 Å². The van der Waals surface area contributed by atoms with E-state index in [1.54, 1.807) is 0 Å². The maximum absolute atomic E-state index is 12.4. The van der Waals surface area contributed by atoms with Crippen LogP contribution in [0.1, 0.15) is 45.1 Å². The highest BCUT2D eigenvalue weighted by Crippen LogP contribution is 2.32. The lowest BCUT2D eigenvalue weighted by molar-refractivity contribution is -0.140. The molecule has 0 saturated carbocycles. The van der Waals surface area contributed by atoms with Gasteiger partial charge in [-0.05, 0) is 30.5 Å². The third-order valence-corrected chi connectivity index (χ3v) is 4.50. The summed E-state index contributed by atoms with van der Waals surface area (Å²) in [5, 5.41) is 1.16. The molecule has 2 rings (SSSR count). The average molecular weight is 314 g/mol. The Kier molecular flexibility index (Phi) is 4.66. The summed E-state index contributed by atoms with van der Waals surface area (Å²) in [6.45, 7) is 7.54. The number of hydrogen-bond acceptors (Lipinski definition) is 1. The fourth-order valence-electron chi connectivity index (χ4n) is 2.67. The molecule has 1 aromatic rings. The Hall–Kier alpha value is -0.730. The molecule has 0 N–H and O–H groups in total. The summed E-state index contributed by atoms with van der Waals surface area (Å²) in [4.78, 5) is 14.4. The van der Waals surface area contributed by atoms with Crippen molar-refractivity contribution in [2.24, 2.45) is 5.41 Å². The van der Waals surface area contributed by atoms with Gasteiger partial charge in [-0.15, -0.1) is 0 Å². The molecule has 1 aliphatic heterocycles. The molecule has 1 atom stereocenters. The molecule has 0 bridgehead atoms. The number of carbonyl (C=O) groups is 1. The summed E-state index contributed by atoms with van der Waals surface area (Å²) in [5.74, 6) is 0.576. The summed E-state index contributed by atoms with van der Waals surface area (Å²) >= 11 is 12.1. The zero-order valence-electron chi connectivity index (χ0n) is 12.2. The molecule has 1 aliphatic rings. The number of benzene rings is 1. The van der Waals surface area contributed by atoms with Gasteiger partial charge in [0, 0.05) is 24.4 Å². The van der Waals surface area contributed by atoms with E-state index in [0.29, 0.717) is 16.0 Å². The van der Waals surface area contributed by atoms with E-state index in [1.165, 1.54) is 5.56 Å². The molecular weight excluding hydrogens is 293 g/mol. The van der Waals surface area contributed by atoms with Crippen molar-refractivity contribution in [3.63, 3.8) is 0 Å². The summed E-state index contributed by atoms with van der Waals surface area (Å²) in [5.41, 5.74) is 0.852. The molecule has 1 saturated heterocycles. The smallest absolute Gasteiger partial charge is 0.227 e. The van der Waals surface area contributed by atoms with Crippen molar-refractivity contribution >= 4 is 29.1 Å². The lowest BCUT2D eigenvalue weighted by atomic mass is 9.88. The normalized spacial score (nSPS) is 20.1. The molecule has 0 spiro atoms. The molecule has 1 aromatic carbocycles. The maximum Gasteiger partial charge on any atom is 0.227 e. The van der Waals surface area contributed by atoms with Crippen LogP contribution in [0.4, 0.5) is 0 Å². The van der Waals surface area contributed by atoms with E-state index in [9.17, 15) is 4.79 Å². The molecule has 0 radical (unpaired) electrons. The zero-order chi connectivity index (χ0) is 14.9. The minimum atomic E-state index is -0.320. The van der Waals surface area contributed by atoms with Crippen LogP contribution in [-0.4, -0.2) is 23.9 Å². The fourth-order valence-corrected chi connectivity index (χ4v) is 2.98. The topological polar surface area (TPSA) is 20.3 Å². The van der Waals surface area contributed by atoms with Crippen molar-refractivity contribution in [2.45, 2.75) is 39.5 Å². The molecule has 1 heterocycles. The predicted octanol–water partition coefficient (Wildman–Crippen LogP) is 4.75. The lowest BCUT2D eigenvalue weighted by Gasteiger charge is -2.36. The van der Waals surface area contributed by atoms with Crippen LogP contribution < -0.4 is 0 Å². The highest BCUT2D eigenvalue weighted by molar-refractivity contribution is 6.42. The molecular formula is C16H21Cl2NO. The Morgan fingerprint density at radius 1 is 1.25 bits per heavy atom. The average Bonchev–Trinajstić information content (AvgIpc) is 2.40.